The van der Waals surface area contributed by atoms with Gasteiger partial charge < -0.3 is 34.1 Å². The van der Waals surface area contributed by atoms with Crippen molar-refractivity contribution in [2.45, 2.75) is 64.4 Å². The van der Waals surface area contributed by atoms with Gasteiger partial charge in [-0.05, 0) is 51.5 Å². The third-order valence-corrected chi connectivity index (χ3v) is 6.36. The Balaban J connectivity index is 1.53. The Kier molecular flexibility index (Phi) is 10.8. The fourth-order valence-electron chi connectivity index (χ4n) is 4.49. The molecule has 2 atom stereocenters. The van der Waals surface area contributed by atoms with E-state index in [1.54, 1.807) is 36.6 Å². The summed E-state index contributed by atoms with van der Waals surface area (Å²) in [5, 5.41) is 2.88. The minimum absolute atomic E-state index is 0.166. The van der Waals surface area contributed by atoms with Crippen LogP contribution in [0.3, 0.4) is 0 Å². The number of carbonyl (C=O) groups is 3. The lowest BCUT2D eigenvalue weighted by Gasteiger charge is -2.38. The average Bonchev–Trinajstić information content (AvgIpc) is 2.88. The normalized spacial score (nSPS) is 20.4. The van der Waals surface area contributed by atoms with Crippen LogP contribution < -0.4 is 5.32 Å². The summed E-state index contributed by atoms with van der Waals surface area (Å²) in [5.74, 6) is 0.288. The molecule has 2 saturated heterocycles. The molecule has 210 valence electrons. The molecule has 1 aromatic rings. The molecule has 0 bridgehead atoms. The summed E-state index contributed by atoms with van der Waals surface area (Å²) in [6.45, 7) is 11.7. The predicted molar refractivity (Wildman–Crippen MR) is 142 cm³/mol. The predicted octanol–water partition coefficient (Wildman–Crippen LogP) is 4.34. The quantitative estimate of drug-likeness (QED) is 0.393. The molecule has 0 aromatic heterocycles. The van der Waals surface area contributed by atoms with E-state index >= 15 is 0 Å². The lowest BCUT2D eigenvalue weighted by molar-refractivity contribution is -0.0339. The van der Waals surface area contributed by atoms with Gasteiger partial charge in [-0.25, -0.2) is 14.4 Å². The monoisotopic (exact) mass is 531 g/mol. The Morgan fingerprint density at radius 1 is 1.03 bits per heavy atom. The Morgan fingerprint density at radius 3 is 2.37 bits per heavy atom. The van der Waals surface area contributed by atoms with Crippen LogP contribution in [0.2, 0.25) is 0 Å². The number of hydrogen-bond acceptors (Lipinski definition) is 7. The van der Waals surface area contributed by atoms with Crippen LogP contribution in [0.4, 0.5) is 14.4 Å². The van der Waals surface area contributed by atoms with Crippen molar-refractivity contribution in [3.8, 4) is 0 Å². The Morgan fingerprint density at radius 2 is 1.71 bits per heavy atom. The highest BCUT2D eigenvalue weighted by Crippen LogP contribution is 2.22. The van der Waals surface area contributed by atoms with E-state index in [0.29, 0.717) is 39.2 Å². The van der Waals surface area contributed by atoms with Crippen LogP contribution in [0.5, 0.6) is 0 Å². The molecule has 1 aromatic carbocycles. The maximum absolute atomic E-state index is 12.9. The number of likely N-dealkylation sites (tertiary alicyclic amines) is 2. The molecule has 0 aliphatic carbocycles. The summed E-state index contributed by atoms with van der Waals surface area (Å²) in [4.78, 5) is 40.7. The van der Waals surface area contributed by atoms with Crippen molar-refractivity contribution in [2.75, 3.05) is 39.4 Å². The van der Waals surface area contributed by atoms with Gasteiger partial charge in [0.25, 0.3) is 0 Å². The van der Waals surface area contributed by atoms with Crippen LogP contribution >= 0.6 is 0 Å². The lowest BCUT2D eigenvalue weighted by Crippen LogP contribution is -2.55. The van der Waals surface area contributed by atoms with Crippen LogP contribution in [-0.4, -0.2) is 85.2 Å². The molecule has 0 spiro atoms. The number of amides is 3. The van der Waals surface area contributed by atoms with Crippen LogP contribution in [0.25, 0.3) is 0 Å². The first-order valence-electron chi connectivity index (χ1n) is 13.2. The third kappa shape index (κ3) is 9.89. The molecule has 0 radical (unpaired) electrons. The van der Waals surface area contributed by atoms with Crippen molar-refractivity contribution in [3.05, 3.63) is 48.6 Å². The van der Waals surface area contributed by atoms with E-state index in [0.717, 1.165) is 18.4 Å². The summed E-state index contributed by atoms with van der Waals surface area (Å²) in [6, 6.07) is 9.14. The summed E-state index contributed by atoms with van der Waals surface area (Å²) in [5.41, 5.74) is 0.268. The maximum Gasteiger partial charge on any atom is 0.410 e. The molecule has 38 heavy (non-hydrogen) atoms. The standard InChI is InChI=1S/C28H41N3O7/c1-5-15-35-26(33)30-13-11-22(12-14-30)19-36-24-16-23(29-25(32)38-28(2,3)4)17-31(18-24)27(34)37-20-21-9-7-6-8-10-21/h5-10,22-24H,1,11-20H2,2-4H3,(H,29,32)/t23?,24-/m1/s1. The zero-order chi connectivity index (χ0) is 27.5. The second-order valence-electron chi connectivity index (χ2n) is 10.8. The summed E-state index contributed by atoms with van der Waals surface area (Å²) in [6.07, 6.45) is 2.13. The minimum Gasteiger partial charge on any atom is -0.445 e. The second kappa shape index (κ2) is 14.0. The van der Waals surface area contributed by atoms with Crippen molar-refractivity contribution in [2.24, 2.45) is 5.92 Å². The van der Waals surface area contributed by atoms with Crippen molar-refractivity contribution >= 4 is 18.3 Å². The maximum atomic E-state index is 12.9. The number of nitrogens with zero attached hydrogens (tertiary/aromatic N) is 2. The Bertz CT molecular complexity index is 926. The van der Waals surface area contributed by atoms with Crippen LogP contribution in [0.15, 0.2) is 43.0 Å². The van der Waals surface area contributed by atoms with Crippen molar-refractivity contribution < 1.29 is 33.3 Å². The van der Waals surface area contributed by atoms with Gasteiger partial charge in [0.15, 0.2) is 0 Å². The van der Waals surface area contributed by atoms with Gasteiger partial charge in [-0.15, -0.1) is 0 Å². The summed E-state index contributed by atoms with van der Waals surface area (Å²) in [7, 11) is 0. The van der Waals surface area contributed by atoms with Crippen molar-refractivity contribution in [3.63, 3.8) is 0 Å². The molecular formula is C28H41N3O7. The molecule has 2 aliphatic rings. The van der Waals surface area contributed by atoms with Gasteiger partial charge in [-0.1, -0.05) is 43.0 Å². The van der Waals surface area contributed by atoms with Gasteiger partial charge >= 0.3 is 18.3 Å². The van der Waals surface area contributed by atoms with E-state index < -0.39 is 17.8 Å². The van der Waals surface area contributed by atoms with Crippen LogP contribution in [0, 0.1) is 5.92 Å². The minimum atomic E-state index is -0.629. The number of piperidine rings is 2. The molecule has 10 nitrogen and oxygen atoms in total. The first-order valence-corrected chi connectivity index (χ1v) is 13.2. The highest BCUT2D eigenvalue weighted by Gasteiger charge is 2.34. The number of carbonyl (C=O) groups excluding carboxylic acids is 3. The zero-order valence-electron chi connectivity index (χ0n) is 22.7. The average molecular weight is 532 g/mol. The van der Waals surface area contributed by atoms with Crippen molar-refractivity contribution in [1.82, 2.24) is 15.1 Å². The van der Waals surface area contributed by atoms with Gasteiger partial charge in [0.1, 0.15) is 18.8 Å². The van der Waals surface area contributed by atoms with Gasteiger partial charge in [0.05, 0.1) is 18.7 Å². The number of nitrogens with one attached hydrogen (secondary N) is 1. The molecule has 10 heteroatoms. The molecule has 1 N–H and O–H groups in total. The second-order valence-corrected chi connectivity index (χ2v) is 10.8. The number of benzene rings is 1. The van der Waals surface area contributed by atoms with Crippen molar-refractivity contribution in [1.29, 1.82) is 0 Å². The van der Waals surface area contributed by atoms with E-state index in [1.165, 1.54) is 0 Å². The van der Waals surface area contributed by atoms with Gasteiger partial charge in [-0.2, -0.15) is 0 Å². The number of rotatable bonds is 8. The first-order chi connectivity index (χ1) is 18.1. The molecule has 3 rings (SSSR count). The highest BCUT2D eigenvalue weighted by molar-refractivity contribution is 5.70. The zero-order valence-corrected chi connectivity index (χ0v) is 22.7. The molecular weight excluding hydrogens is 490 g/mol. The van der Waals surface area contributed by atoms with E-state index in [4.69, 9.17) is 18.9 Å². The fraction of sp³-hybridized carbons (Fsp3) is 0.607. The summed E-state index contributed by atoms with van der Waals surface area (Å²) >= 11 is 0. The third-order valence-electron chi connectivity index (χ3n) is 6.36. The SMILES string of the molecule is C=CCOC(=O)N1CCC(CO[C@@H]2CC(NC(=O)OC(C)(C)C)CN(C(=O)OCc3ccccc3)C2)CC1. The molecule has 1 unspecified atom stereocenters. The molecule has 0 saturated carbocycles. The smallest absolute Gasteiger partial charge is 0.410 e. The molecule has 2 heterocycles. The van der Waals surface area contributed by atoms with E-state index in [9.17, 15) is 14.4 Å². The van der Waals surface area contributed by atoms with E-state index in [2.05, 4.69) is 11.9 Å². The topological polar surface area (TPSA) is 107 Å². The Hall–Kier alpha value is -3.27. The number of alkyl carbamates (subject to hydrolysis) is 1. The number of hydrogen-bond donors (Lipinski definition) is 1. The first kappa shape index (κ1) is 29.3. The Labute approximate surface area is 225 Å². The highest BCUT2D eigenvalue weighted by atomic mass is 16.6. The molecule has 2 aliphatic heterocycles. The summed E-state index contributed by atoms with van der Waals surface area (Å²) < 4.78 is 22.3. The lowest BCUT2D eigenvalue weighted by atomic mass is 9.97. The fourth-order valence-corrected chi connectivity index (χ4v) is 4.49. The van der Waals surface area contributed by atoms with E-state index in [-0.39, 0.29) is 37.4 Å². The number of ether oxygens (including phenoxy) is 4. The van der Waals surface area contributed by atoms with Crippen LogP contribution in [0.1, 0.15) is 45.6 Å². The molecule has 3 amide bonds. The van der Waals surface area contributed by atoms with Gasteiger partial charge in [0, 0.05) is 26.2 Å². The van der Waals surface area contributed by atoms with E-state index in [1.807, 2.05) is 30.3 Å². The van der Waals surface area contributed by atoms with Crippen LogP contribution in [-0.2, 0) is 25.6 Å². The molecule has 2 fully saturated rings. The van der Waals surface area contributed by atoms with Gasteiger partial charge in [0.2, 0.25) is 0 Å². The van der Waals surface area contributed by atoms with Gasteiger partial charge in [-0.3, -0.25) is 0 Å². The largest absolute Gasteiger partial charge is 0.445 e.